The molecule has 1 amide bonds. The number of carbonyl (C=O) groups excluding carboxylic acids is 2. The summed E-state index contributed by atoms with van der Waals surface area (Å²) in [4.78, 5) is 28.4. The standard InChI is InChI=1S/C25H32F3N3O3/c1-15(12-22(32)34-24(2,3)4)23(33)30-17-9-7-8-16(13-17)29-20-14-21(25(26,27)28)31-19-11-6-5-10-18(19)20/h5-6,10-11,14-17H,7-9,12-13H2,1-4H3,(H,29,31)(H,30,33)/t15-,16-,17+/m0/s1. The molecule has 1 saturated carbocycles. The number of fused-ring (bicyclic) bond motifs is 1. The van der Waals surface area contributed by atoms with Gasteiger partial charge in [0.25, 0.3) is 0 Å². The molecule has 1 aromatic heterocycles. The van der Waals surface area contributed by atoms with Gasteiger partial charge in [0.1, 0.15) is 11.3 Å². The molecule has 0 spiro atoms. The average molecular weight is 480 g/mol. The summed E-state index contributed by atoms with van der Waals surface area (Å²) < 4.78 is 45.4. The molecule has 186 valence electrons. The lowest BCUT2D eigenvalue weighted by molar-refractivity contribution is -0.157. The topological polar surface area (TPSA) is 80.3 Å². The first-order chi connectivity index (χ1) is 15.8. The molecule has 9 heteroatoms. The lowest BCUT2D eigenvalue weighted by atomic mass is 9.90. The predicted molar refractivity (Wildman–Crippen MR) is 124 cm³/mol. The van der Waals surface area contributed by atoms with E-state index >= 15 is 0 Å². The molecule has 3 atom stereocenters. The van der Waals surface area contributed by atoms with Gasteiger partial charge >= 0.3 is 12.1 Å². The third kappa shape index (κ3) is 7.08. The fourth-order valence-corrected chi connectivity index (χ4v) is 4.18. The number of anilines is 1. The van der Waals surface area contributed by atoms with E-state index < -0.39 is 29.4 Å². The summed E-state index contributed by atoms with van der Waals surface area (Å²) >= 11 is 0. The second-order valence-electron chi connectivity index (χ2n) is 9.97. The highest BCUT2D eigenvalue weighted by Gasteiger charge is 2.34. The molecule has 1 aliphatic rings. The number of halogens is 3. The summed E-state index contributed by atoms with van der Waals surface area (Å²) in [5.41, 5.74) is -0.895. The van der Waals surface area contributed by atoms with Gasteiger partial charge in [-0.1, -0.05) is 25.1 Å². The molecule has 3 rings (SSSR count). The fraction of sp³-hybridized carbons (Fsp3) is 0.560. The SMILES string of the molecule is C[C@@H](CC(=O)OC(C)(C)C)C(=O)N[C@@H]1CCC[C@H](Nc2cc(C(F)(F)F)nc3ccccc23)C1. The zero-order valence-electron chi connectivity index (χ0n) is 20.0. The van der Waals surface area contributed by atoms with Gasteiger partial charge in [-0.2, -0.15) is 13.2 Å². The lowest BCUT2D eigenvalue weighted by Crippen LogP contribution is -2.44. The van der Waals surface area contributed by atoms with E-state index in [4.69, 9.17) is 4.74 Å². The number of nitrogens with zero attached hydrogens (tertiary/aromatic N) is 1. The monoisotopic (exact) mass is 479 g/mol. The smallest absolute Gasteiger partial charge is 0.433 e. The maximum atomic E-state index is 13.4. The van der Waals surface area contributed by atoms with E-state index in [0.717, 1.165) is 25.3 Å². The van der Waals surface area contributed by atoms with Gasteiger partial charge in [-0.3, -0.25) is 9.59 Å². The van der Waals surface area contributed by atoms with Gasteiger partial charge in [0.2, 0.25) is 5.91 Å². The molecule has 1 fully saturated rings. The maximum Gasteiger partial charge on any atom is 0.433 e. The Balaban J connectivity index is 1.65. The Kier molecular flexibility index (Phi) is 7.73. The summed E-state index contributed by atoms with van der Waals surface area (Å²) in [7, 11) is 0. The number of benzene rings is 1. The molecule has 1 aliphatic carbocycles. The number of hydrogen-bond donors (Lipinski definition) is 2. The first kappa shape index (κ1) is 25.8. The van der Waals surface area contributed by atoms with Crippen molar-refractivity contribution in [1.82, 2.24) is 10.3 Å². The van der Waals surface area contributed by atoms with Crippen LogP contribution in [0.15, 0.2) is 30.3 Å². The van der Waals surface area contributed by atoms with E-state index in [-0.39, 0.29) is 29.9 Å². The molecule has 1 aromatic carbocycles. The number of ether oxygens (including phenoxy) is 1. The summed E-state index contributed by atoms with van der Waals surface area (Å²) in [5, 5.41) is 6.88. The molecule has 0 saturated heterocycles. The number of esters is 1. The van der Waals surface area contributed by atoms with Crippen LogP contribution in [0.2, 0.25) is 0 Å². The van der Waals surface area contributed by atoms with Crippen LogP contribution in [0.25, 0.3) is 10.9 Å². The van der Waals surface area contributed by atoms with Crippen LogP contribution in [-0.4, -0.2) is 34.5 Å². The number of para-hydroxylation sites is 1. The van der Waals surface area contributed by atoms with Crippen molar-refractivity contribution in [2.45, 2.75) is 83.7 Å². The van der Waals surface area contributed by atoms with Gasteiger partial charge in [-0.15, -0.1) is 0 Å². The molecule has 2 aromatic rings. The Hall–Kier alpha value is -2.84. The number of alkyl halides is 3. The summed E-state index contributed by atoms with van der Waals surface area (Å²) in [6.07, 6.45) is -1.62. The highest BCUT2D eigenvalue weighted by molar-refractivity contribution is 5.91. The molecule has 0 aliphatic heterocycles. The quantitative estimate of drug-likeness (QED) is 0.538. The highest BCUT2D eigenvalue weighted by Crippen LogP contribution is 2.34. The summed E-state index contributed by atoms with van der Waals surface area (Å²) in [6.45, 7) is 7.00. The third-order valence-electron chi connectivity index (χ3n) is 5.73. The predicted octanol–water partition coefficient (Wildman–Crippen LogP) is 5.46. The van der Waals surface area contributed by atoms with Gasteiger partial charge in [0.05, 0.1) is 11.9 Å². The highest BCUT2D eigenvalue weighted by atomic mass is 19.4. The van der Waals surface area contributed by atoms with Crippen molar-refractivity contribution in [2.75, 3.05) is 5.32 Å². The van der Waals surface area contributed by atoms with Gasteiger partial charge in [0, 0.05) is 29.1 Å². The minimum atomic E-state index is -4.55. The van der Waals surface area contributed by atoms with E-state index in [1.165, 1.54) is 0 Å². The molecule has 1 heterocycles. The Labute approximate surface area is 197 Å². The number of carbonyl (C=O) groups is 2. The Morgan fingerprint density at radius 3 is 2.50 bits per heavy atom. The zero-order chi connectivity index (χ0) is 25.1. The third-order valence-corrected chi connectivity index (χ3v) is 5.73. The molecule has 0 bridgehead atoms. The van der Waals surface area contributed by atoms with Crippen LogP contribution in [0.1, 0.15) is 65.5 Å². The molecule has 34 heavy (non-hydrogen) atoms. The number of nitrogens with one attached hydrogen (secondary N) is 2. The van der Waals surface area contributed by atoms with Gasteiger partial charge in [-0.05, 0) is 58.6 Å². The van der Waals surface area contributed by atoms with Crippen LogP contribution in [0.5, 0.6) is 0 Å². The second kappa shape index (κ2) is 10.2. The zero-order valence-corrected chi connectivity index (χ0v) is 20.0. The van der Waals surface area contributed by atoms with E-state index in [9.17, 15) is 22.8 Å². The first-order valence-corrected chi connectivity index (χ1v) is 11.6. The second-order valence-corrected chi connectivity index (χ2v) is 9.97. The van der Waals surface area contributed by atoms with Crippen LogP contribution in [-0.2, 0) is 20.5 Å². The van der Waals surface area contributed by atoms with Gasteiger partial charge in [-0.25, -0.2) is 4.98 Å². The number of aromatic nitrogens is 1. The summed E-state index contributed by atoms with van der Waals surface area (Å²) in [6, 6.07) is 7.54. The number of pyridine rings is 1. The van der Waals surface area contributed by atoms with E-state index in [2.05, 4.69) is 15.6 Å². The lowest BCUT2D eigenvalue weighted by Gasteiger charge is -2.32. The first-order valence-electron chi connectivity index (χ1n) is 11.6. The average Bonchev–Trinajstić information content (AvgIpc) is 2.71. The largest absolute Gasteiger partial charge is 0.460 e. The van der Waals surface area contributed by atoms with Crippen LogP contribution >= 0.6 is 0 Å². The molecular formula is C25H32F3N3O3. The van der Waals surface area contributed by atoms with Crippen molar-refractivity contribution in [3.63, 3.8) is 0 Å². The van der Waals surface area contributed by atoms with Crippen molar-refractivity contribution in [3.8, 4) is 0 Å². The molecular weight excluding hydrogens is 447 g/mol. The van der Waals surface area contributed by atoms with Crippen molar-refractivity contribution in [1.29, 1.82) is 0 Å². The summed E-state index contributed by atoms with van der Waals surface area (Å²) in [5.74, 6) is -1.20. The molecule has 6 nitrogen and oxygen atoms in total. The molecule has 0 radical (unpaired) electrons. The minimum Gasteiger partial charge on any atom is -0.460 e. The van der Waals surface area contributed by atoms with E-state index in [1.807, 2.05) is 0 Å². The minimum absolute atomic E-state index is 0.0132. The Morgan fingerprint density at radius 1 is 1.15 bits per heavy atom. The Morgan fingerprint density at radius 2 is 1.82 bits per heavy atom. The van der Waals surface area contributed by atoms with Crippen molar-refractivity contribution in [3.05, 3.63) is 36.0 Å². The van der Waals surface area contributed by atoms with Crippen LogP contribution in [0.3, 0.4) is 0 Å². The fourth-order valence-electron chi connectivity index (χ4n) is 4.18. The number of rotatable bonds is 6. The Bertz CT molecular complexity index is 1030. The van der Waals surface area contributed by atoms with Crippen molar-refractivity contribution >= 4 is 28.5 Å². The molecule has 2 N–H and O–H groups in total. The van der Waals surface area contributed by atoms with Gasteiger partial charge in [0.15, 0.2) is 0 Å². The molecule has 0 unspecified atom stereocenters. The van der Waals surface area contributed by atoms with Gasteiger partial charge < -0.3 is 15.4 Å². The van der Waals surface area contributed by atoms with E-state index in [0.29, 0.717) is 17.5 Å². The van der Waals surface area contributed by atoms with Crippen LogP contribution in [0, 0.1) is 5.92 Å². The van der Waals surface area contributed by atoms with Crippen molar-refractivity contribution < 1.29 is 27.5 Å². The normalized spacial score (nSPS) is 20.0. The maximum absolute atomic E-state index is 13.4. The number of hydrogen-bond acceptors (Lipinski definition) is 5. The van der Waals surface area contributed by atoms with Crippen LogP contribution < -0.4 is 10.6 Å². The number of amides is 1. The van der Waals surface area contributed by atoms with Crippen molar-refractivity contribution in [2.24, 2.45) is 5.92 Å². The van der Waals surface area contributed by atoms with E-state index in [1.54, 1.807) is 52.0 Å². The van der Waals surface area contributed by atoms with Crippen LogP contribution in [0.4, 0.5) is 18.9 Å².